The molecule has 1 N–H and O–H groups in total. The molecule has 17 heavy (non-hydrogen) atoms. The maximum absolute atomic E-state index is 11.7. The molecule has 0 saturated carbocycles. The molecule has 5 nitrogen and oxygen atoms in total. The number of hydrogen-bond donors (Lipinski definition) is 1. The van der Waals surface area contributed by atoms with E-state index < -0.39 is 0 Å². The molecule has 0 saturated heterocycles. The van der Waals surface area contributed by atoms with Crippen molar-refractivity contribution in [3.8, 4) is 5.88 Å². The number of hydrogen-bond acceptors (Lipinski definition) is 3. The van der Waals surface area contributed by atoms with Crippen LogP contribution in [-0.2, 0) is 11.3 Å². The van der Waals surface area contributed by atoms with Gasteiger partial charge in [0.25, 0.3) is 5.56 Å². The van der Waals surface area contributed by atoms with E-state index in [1.54, 1.807) is 20.9 Å². The zero-order valence-electron chi connectivity index (χ0n) is 10.6. The molecule has 0 aliphatic carbocycles. The highest BCUT2D eigenvalue weighted by Crippen LogP contribution is 2.16. The van der Waals surface area contributed by atoms with E-state index in [2.05, 4.69) is 0 Å². The molecule has 0 atom stereocenters. The highest BCUT2D eigenvalue weighted by atomic mass is 16.3. The summed E-state index contributed by atoms with van der Waals surface area (Å²) in [6, 6.07) is 1.49. The average Bonchev–Trinajstić information content (AvgIpc) is 2.25. The summed E-state index contributed by atoms with van der Waals surface area (Å²) in [7, 11) is 1.66. The van der Waals surface area contributed by atoms with Gasteiger partial charge < -0.3 is 10.0 Å². The van der Waals surface area contributed by atoms with E-state index in [9.17, 15) is 14.7 Å². The molecule has 0 fully saturated rings. The summed E-state index contributed by atoms with van der Waals surface area (Å²) in [6.07, 6.45) is 0. The Morgan fingerprint density at radius 3 is 2.59 bits per heavy atom. The number of amides is 1. The molecule has 1 aromatic heterocycles. The largest absolute Gasteiger partial charge is 0.494 e. The van der Waals surface area contributed by atoms with Crippen LogP contribution in [0.5, 0.6) is 5.88 Å². The van der Waals surface area contributed by atoms with Gasteiger partial charge >= 0.3 is 0 Å². The lowest BCUT2D eigenvalue weighted by Crippen LogP contribution is -2.31. The summed E-state index contributed by atoms with van der Waals surface area (Å²) in [5, 5.41) is 9.87. The molecular weight excluding hydrogens is 220 g/mol. The van der Waals surface area contributed by atoms with Crippen molar-refractivity contribution in [1.82, 2.24) is 9.47 Å². The Kier molecular flexibility index (Phi) is 3.93. The molecule has 0 aliphatic rings. The van der Waals surface area contributed by atoms with Crippen molar-refractivity contribution in [2.75, 3.05) is 13.6 Å². The van der Waals surface area contributed by atoms with Crippen LogP contribution in [-0.4, -0.2) is 34.1 Å². The van der Waals surface area contributed by atoms with Crippen molar-refractivity contribution in [2.45, 2.75) is 27.3 Å². The Hall–Kier alpha value is -1.78. The molecule has 1 heterocycles. The monoisotopic (exact) mass is 238 g/mol. The zero-order valence-corrected chi connectivity index (χ0v) is 10.6. The fourth-order valence-electron chi connectivity index (χ4n) is 1.48. The number of nitrogens with zero attached hydrogens (tertiary/aromatic N) is 2. The van der Waals surface area contributed by atoms with Crippen LogP contribution in [0, 0.1) is 13.8 Å². The van der Waals surface area contributed by atoms with Crippen LogP contribution in [0.2, 0.25) is 0 Å². The molecule has 0 aromatic carbocycles. The highest BCUT2D eigenvalue weighted by Gasteiger charge is 2.10. The summed E-state index contributed by atoms with van der Waals surface area (Å²) in [6.45, 7) is 5.69. The van der Waals surface area contributed by atoms with Gasteiger partial charge in [0.2, 0.25) is 5.91 Å². The number of carbonyl (C=O) groups is 1. The number of rotatable bonds is 3. The van der Waals surface area contributed by atoms with Gasteiger partial charge in [-0.25, -0.2) is 0 Å². The number of aromatic nitrogens is 1. The predicted molar refractivity (Wildman–Crippen MR) is 65.2 cm³/mol. The smallest absolute Gasteiger partial charge is 0.253 e. The van der Waals surface area contributed by atoms with E-state index in [0.717, 1.165) is 5.56 Å². The highest BCUT2D eigenvalue weighted by molar-refractivity contribution is 5.72. The molecule has 94 valence electrons. The van der Waals surface area contributed by atoms with E-state index in [1.165, 1.54) is 22.5 Å². The van der Waals surface area contributed by atoms with Crippen LogP contribution >= 0.6 is 0 Å². The minimum atomic E-state index is -0.248. The number of aromatic hydroxyl groups is 1. The summed E-state index contributed by atoms with van der Waals surface area (Å²) < 4.78 is 1.28. The SMILES string of the molecule is CC(=O)N(C)CCn1c(O)c(C)c(C)cc1=O. The van der Waals surface area contributed by atoms with Crippen LogP contribution in [0.1, 0.15) is 18.1 Å². The van der Waals surface area contributed by atoms with Gasteiger partial charge in [-0.05, 0) is 19.4 Å². The normalized spacial score (nSPS) is 10.4. The molecule has 0 bridgehead atoms. The minimum Gasteiger partial charge on any atom is -0.494 e. The Morgan fingerprint density at radius 2 is 2.06 bits per heavy atom. The maximum Gasteiger partial charge on any atom is 0.253 e. The minimum absolute atomic E-state index is 0.0213. The molecule has 0 radical (unpaired) electrons. The van der Waals surface area contributed by atoms with E-state index in [1.807, 2.05) is 0 Å². The third-order valence-electron chi connectivity index (χ3n) is 2.99. The summed E-state index contributed by atoms with van der Waals surface area (Å²) in [5.74, 6) is -0.0895. The first-order valence-corrected chi connectivity index (χ1v) is 5.46. The molecule has 0 spiro atoms. The Balaban J connectivity index is 2.96. The first-order chi connectivity index (χ1) is 7.84. The van der Waals surface area contributed by atoms with Gasteiger partial charge in [-0.1, -0.05) is 0 Å². The van der Waals surface area contributed by atoms with Gasteiger partial charge in [-0.15, -0.1) is 0 Å². The number of aryl methyl sites for hydroxylation is 1. The van der Waals surface area contributed by atoms with Gasteiger partial charge in [0.15, 0.2) is 5.88 Å². The van der Waals surface area contributed by atoms with Crippen molar-refractivity contribution in [3.05, 3.63) is 27.5 Å². The van der Waals surface area contributed by atoms with Gasteiger partial charge in [0.1, 0.15) is 0 Å². The average molecular weight is 238 g/mol. The second kappa shape index (κ2) is 5.03. The Labute approximate surface area is 100 Å². The zero-order chi connectivity index (χ0) is 13.2. The molecular formula is C12H18N2O3. The molecule has 0 unspecified atom stereocenters. The third-order valence-corrected chi connectivity index (χ3v) is 2.99. The Morgan fingerprint density at radius 1 is 1.47 bits per heavy atom. The van der Waals surface area contributed by atoms with Gasteiger partial charge in [0.05, 0.1) is 0 Å². The van der Waals surface area contributed by atoms with E-state index in [-0.39, 0.29) is 17.3 Å². The standard InChI is InChI=1S/C12H18N2O3/c1-8-7-11(16)14(12(17)9(8)2)6-5-13(4)10(3)15/h7,17H,5-6H2,1-4H3. The number of likely N-dealkylation sites (N-methyl/N-ethyl adjacent to an activating group) is 1. The van der Waals surface area contributed by atoms with E-state index in [0.29, 0.717) is 18.7 Å². The van der Waals surface area contributed by atoms with Crippen LogP contribution in [0.15, 0.2) is 10.9 Å². The molecule has 5 heteroatoms. The van der Waals surface area contributed by atoms with Crippen molar-refractivity contribution in [3.63, 3.8) is 0 Å². The summed E-state index contributed by atoms with van der Waals surface area (Å²) in [5.41, 5.74) is 1.21. The van der Waals surface area contributed by atoms with E-state index >= 15 is 0 Å². The quantitative estimate of drug-likeness (QED) is 0.841. The molecule has 0 aliphatic heterocycles. The fraction of sp³-hybridized carbons (Fsp3) is 0.500. The number of carbonyl (C=O) groups excluding carboxylic acids is 1. The lowest BCUT2D eigenvalue weighted by molar-refractivity contribution is -0.127. The fourth-order valence-corrected chi connectivity index (χ4v) is 1.48. The summed E-state index contributed by atoms with van der Waals surface area (Å²) >= 11 is 0. The van der Waals surface area contributed by atoms with Gasteiger partial charge in [0, 0.05) is 38.7 Å². The third kappa shape index (κ3) is 2.87. The van der Waals surface area contributed by atoms with Gasteiger partial charge in [-0.2, -0.15) is 0 Å². The van der Waals surface area contributed by atoms with Crippen LogP contribution in [0.3, 0.4) is 0 Å². The number of pyridine rings is 1. The maximum atomic E-state index is 11.7. The second-order valence-corrected chi connectivity index (χ2v) is 4.21. The predicted octanol–water partition coefficient (Wildman–Crippen LogP) is 0.649. The van der Waals surface area contributed by atoms with Crippen molar-refractivity contribution in [2.24, 2.45) is 0 Å². The van der Waals surface area contributed by atoms with Crippen molar-refractivity contribution in [1.29, 1.82) is 0 Å². The lowest BCUT2D eigenvalue weighted by atomic mass is 10.2. The lowest BCUT2D eigenvalue weighted by Gasteiger charge is -2.17. The van der Waals surface area contributed by atoms with E-state index in [4.69, 9.17) is 0 Å². The first-order valence-electron chi connectivity index (χ1n) is 5.46. The first kappa shape index (κ1) is 13.3. The van der Waals surface area contributed by atoms with Crippen molar-refractivity contribution >= 4 is 5.91 Å². The molecule has 1 aromatic rings. The van der Waals surface area contributed by atoms with Crippen LogP contribution in [0.4, 0.5) is 0 Å². The molecule has 1 rings (SSSR count). The summed E-state index contributed by atoms with van der Waals surface area (Å²) in [4.78, 5) is 24.2. The Bertz CT molecular complexity index is 491. The molecule has 1 amide bonds. The second-order valence-electron chi connectivity index (χ2n) is 4.21. The van der Waals surface area contributed by atoms with Crippen molar-refractivity contribution < 1.29 is 9.90 Å². The van der Waals surface area contributed by atoms with Crippen LogP contribution < -0.4 is 5.56 Å². The van der Waals surface area contributed by atoms with Crippen LogP contribution in [0.25, 0.3) is 0 Å². The topological polar surface area (TPSA) is 62.5 Å². The van der Waals surface area contributed by atoms with Gasteiger partial charge in [-0.3, -0.25) is 14.2 Å².